The Balaban J connectivity index is 1.18. The van der Waals surface area contributed by atoms with E-state index in [1.807, 2.05) is 36.4 Å². The number of benzene rings is 2. The minimum atomic E-state index is -0.233. The summed E-state index contributed by atoms with van der Waals surface area (Å²) in [4.78, 5) is 14.7. The van der Waals surface area contributed by atoms with Crippen molar-refractivity contribution in [1.29, 1.82) is 0 Å². The number of carbonyl (C=O) groups excluding carboxylic acids is 1. The Morgan fingerprint density at radius 1 is 1.19 bits per heavy atom. The molecule has 2 N–H and O–H groups in total. The van der Waals surface area contributed by atoms with Gasteiger partial charge in [0.1, 0.15) is 5.82 Å². The van der Waals surface area contributed by atoms with Crippen LogP contribution in [0.5, 0.6) is 0 Å². The van der Waals surface area contributed by atoms with Crippen molar-refractivity contribution in [2.45, 2.75) is 38.3 Å². The monoisotopic (exact) mass is 437 g/mol. The molecule has 1 aliphatic carbocycles. The number of unbranched alkanes of at least 4 members (excludes halogenated alkanes) is 1. The van der Waals surface area contributed by atoms with Gasteiger partial charge in [0, 0.05) is 37.4 Å². The van der Waals surface area contributed by atoms with Gasteiger partial charge in [0.2, 0.25) is 0 Å². The maximum atomic E-state index is 13.1. The molecular weight excluding hydrogens is 409 g/mol. The van der Waals surface area contributed by atoms with Crippen LogP contribution in [-0.4, -0.2) is 50.3 Å². The molecule has 0 atom stereocenters. The first-order valence-corrected chi connectivity index (χ1v) is 10.9. The Labute approximate surface area is 186 Å². The number of aromatic nitrogens is 4. The molecule has 0 spiro atoms. The predicted octanol–water partition coefficient (Wildman–Crippen LogP) is 3.58. The van der Waals surface area contributed by atoms with E-state index in [1.165, 1.54) is 25.0 Å². The van der Waals surface area contributed by atoms with Gasteiger partial charge < -0.3 is 10.6 Å². The minimum absolute atomic E-state index is 0.201. The molecule has 3 aromatic rings. The number of anilines is 1. The van der Waals surface area contributed by atoms with Crippen LogP contribution < -0.4 is 10.6 Å². The molecule has 0 bridgehead atoms. The number of hydrogen-bond acceptors (Lipinski definition) is 5. The van der Waals surface area contributed by atoms with Crippen molar-refractivity contribution < 1.29 is 9.18 Å². The van der Waals surface area contributed by atoms with Gasteiger partial charge in [0.05, 0.1) is 0 Å². The van der Waals surface area contributed by atoms with Gasteiger partial charge in [-0.05, 0) is 72.5 Å². The predicted molar refractivity (Wildman–Crippen MR) is 120 cm³/mol. The van der Waals surface area contributed by atoms with Crippen LogP contribution in [0.15, 0.2) is 48.5 Å². The molecule has 0 radical (unpaired) electrons. The maximum absolute atomic E-state index is 13.1. The first kappa shape index (κ1) is 21.9. The second-order valence-electron chi connectivity index (χ2n) is 8.12. The topological polar surface area (TPSA) is 88.0 Å². The first-order valence-electron chi connectivity index (χ1n) is 10.9. The Morgan fingerprint density at radius 2 is 2.00 bits per heavy atom. The number of urea groups is 1. The summed E-state index contributed by atoms with van der Waals surface area (Å²) in [6.07, 6.45) is 4.34. The summed E-state index contributed by atoms with van der Waals surface area (Å²) in [5.74, 6) is 0.434. The van der Waals surface area contributed by atoms with E-state index in [9.17, 15) is 9.18 Å². The minimum Gasteiger partial charge on any atom is -0.338 e. The number of hydrogen-bond donors (Lipinski definition) is 2. The number of amides is 2. The highest BCUT2D eigenvalue weighted by molar-refractivity contribution is 5.89. The molecule has 8 nitrogen and oxygen atoms in total. The van der Waals surface area contributed by atoms with Gasteiger partial charge in [-0.1, -0.05) is 24.3 Å². The molecule has 1 saturated carbocycles. The summed E-state index contributed by atoms with van der Waals surface area (Å²) in [5, 5.41) is 17.2. The van der Waals surface area contributed by atoms with Crippen molar-refractivity contribution in [3.8, 4) is 11.4 Å². The third-order valence-electron chi connectivity index (χ3n) is 5.52. The van der Waals surface area contributed by atoms with Crippen LogP contribution in [0, 0.1) is 5.82 Å². The summed E-state index contributed by atoms with van der Waals surface area (Å²) in [6.45, 7) is 2.42. The zero-order chi connectivity index (χ0) is 22.3. The molecule has 2 aromatic carbocycles. The van der Waals surface area contributed by atoms with Crippen LogP contribution in [0.2, 0.25) is 0 Å². The third kappa shape index (κ3) is 6.10. The molecule has 1 heterocycles. The fourth-order valence-electron chi connectivity index (χ4n) is 3.68. The summed E-state index contributed by atoms with van der Waals surface area (Å²) in [5.41, 5.74) is 2.65. The Morgan fingerprint density at radius 3 is 2.72 bits per heavy atom. The van der Waals surface area contributed by atoms with Crippen molar-refractivity contribution in [1.82, 2.24) is 30.4 Å². The number of nitrogens with one attached hydrogen (secondary N) is 2. The Kier molecular flexibility index (Phi) is 7.06. The quantitative estimate of drug-likeness (QED) is 0.474. The average Bonchev–Trinajstić information content (AvgIpc) is 3.54. The van der Waals surface area contributed by atoms with E-state index < -0.39 is 0 Å². The highest BCUT2D eigenvalue weighted by Crippen LogP contribution is 2.28. The van der Waals surface area contributed by atoms with Gasteiger partial charge in [-0.3, -0.25) is 4.90 Å². The highest BCUT2D eigenvalue weighted by Gasteiger charge is 2.28. The smallest absolute Gasteiger partial charge is 0.319 e. The lowest BCUT2D eigenvalue weighted by atomic mass is 10.2. The van der Waals surface area contributed by atoms with Gasteiger partial charge in [-0.2, -0.15) is 0 Å². The molecule has 2 amide bonds. The first-order chi connectivity index (χ1) is 15.6. The van der Waals surface area contributed by atoms with Crippen molar-refractivity contribution in [3.05, 3.63) is 59.9 Å². The van der Waals surface area contributed by atoms with Crippen LogP contribution in [0.4, 0.5) is 14.9 Å². The normalized spacial score (nSPS) is 13.3. The maximum Gasteiger partial charge on any atom is 0.319 e. The van der Waals surface area contributed by atoms with Crippen molar-refractivity contribution >= 4 is 11.7 Å². The van der Waals surface area contributed by atoms with Crippen LogP contribution in [0.3, 0.4) is 0 Å². The van der Waals surface area contributed by atoms with E-state index >= 15 is 0 Å². The molecular formula is C23H28FN7O. The lowest BCUT2D eigenvalue weighted by molar-refractivity contribution is 0.244. The highest BCUT2D eigenvalue weighted by atomic mass is 19.1. The van der Waals surface area contributed by atoms with Crippen LogP contribution >= 0.6 is 0 Å². The number of rotatable bonds is 10. The Hall–Kier alpha value is -3.33. The molecule has 0 aliphatic heterocycles. The van der Waals surface area contributed by atoms with E-state index in [4.69, 9.17) is 0 Å². The molecule has 0 unspecified atom stereocenters. The second-order valence-corrected chi connectivity index (χ2v) is 8.12. The van der Waals surface area contributed by atoms with Crippen molar-refractivity contribution in [2.75, 3.05) is 18.4 Å². The Bertz CT molecular complexity index is 1030. The number of halogens is 1. The van der Waals surface area contributed by atoms with Crippen LogP contribution in [-0.2, 0) is 13.6 Å². The third-order valence-corrected chi connectivity index (χ3v) is 5.52. The summed E-state index contributed by atoms with van der Waals surface area (Å²) >= 11 is 0. The van der Waals surface area contributed by atoms with Gasteiger partial charge in [0.15, 0.2) is 5.82 Å². The molecule has 32 heavy (non-hydrogen) atoms. The van der Waals surface area contributed by atoms with E-state index in [2.05, 4.69) is 31.1 Å². The van der Waals surface area contributed by atoms with E-state index in [1.54, 1.807) is 11.7 Å². The fourth-order valence-corrected chi connectivity index (χ4v) is 3.68. The van der Waals surface area contributed by atoms with Crippen molar-refractivity contribution in [3.63, 3.8) is 0 Å². The molecule has 1 aliphatic rings. The number of nitrogens with zero attached hydrogens (tertiary/aromatic N) is 5. The lowest BCUT2D eigenvalue weighted by Gasteiger charge is -2.22. The number of aryl methyl sites for hydroxylation is 1. The zero-order valence-corrected chi connectivity index (χ0v) is 18.2. The van der Waals surface area contributed by atoms with Crippen LogP contribution in [0.1, 0.15) is 31.2 Å². The molecule has 1 fully saturated rings. The largest absolute Gasteiger partial charge is 0.338 e. The van der Waals surface area contributed by atoms with E-state index in [-0.39, 0.29) is 11.8 Å². The van der Waals surface area contributed by atoms with Gasteiger partial charge in [-0.25, -0.2) is 13.9 Å². The van der Waals surface area contributed by atoms with Crippen LogP contribution in [0.25, 0.3) is 11.4 Å². The van der Waals surface area contributed by atoms with E-state index in [0.717, 1.165) is 37.1 Å². The van der Waals surface area contributed by atoms with Gasteiger partial charge >= 0.3 is 6.03 Å². The molecule has 0 saturated heterocycles. The number of tetrazole rings is 1. The van der Waals surface area contributed by atoms with Gasteiger partial charge in [-0.15, -0.1) is 5.10 Å². The van der Waals surface area contributed by atoms with Crippen molar-refractivity contribution in [2.24, 2.45) is 7.05 Å². The second kappa shape index (κ2) is 10.3. The molecule has 1 aromatic heterocycles. The van der Waals surface area contributed by atoms with E-state index in [0.29, 0.717) is 24.1 Å². The summed E-state index contributed by atoms with van der Waals surface area (Å²) < 4.78 is 14.7. The zero-order valence-electron chi connectivity index (χ0n) is 18.2. The standard InChI is InChI=1S/C23H28FN7O/c1-30-22(27-28-29-30)18-5-4-6-20(15-18)26-23(32)25-13-2-3-14-31(21-11-12-21)16-17-7-9-19(24)10-8-17/h4-10,15,21H,2-3,11-14,16H2,1H3,(H2,25,26,32). The lowest BCUT2D eigenvalue weighted by Crippen LogP contribution is -2.31. The number of carbonyl (C=O) groups is 1. The van der Waals surface area contributed by atoms with Gasteiger partial charge in [0.25, 0.3) is 0 Å². The molecule has 168 valence electrons. The SMILES string of the molecule is Cn1nnnc1-c1cccc(NC(=O)NCCCCN(Cc2ccc(F)cc2)C2CC2)c1. The molecule has 4 rings (SSSR count). The fraction of sp³-hybridized carbons (Fsp3) is 0.391. The average molecular weight is 438 g/mol. The summed E-state index contributed by atoms with van der Waals surface area (Å²) in [6, 6.07) is 14.6. The summed E-state index contributed by atoms with van der Waals surface area (Å²) in [7, 11) is 1.77. The molecule has 9 heteroatoms.